The van der Waals surface area contributed by atoms with E-state index in [1.807, 2.05) is 56.3 Å². The molecule has 0 radical (unpaired) electrons. The molecule has 0 aliphatic carbocycles. The number of rotatable bonds is 5. The third-order valence-electron chi connectivity index (χ3n) is 3.08. The molecule has 0 saturated heterocycles. The second-order valence-corrected chi connectivity index (χ2v) is 6.03. The summed E-state index contributed by atoms with van der Waals surface area (Å²) in [6, 6.07) is 9.50. The van der Waals surface area contributed by atoms with Crippen molar-refractivity contribution >= 4 is 34.1 Å². The number of carbonyl (C=O) groups excluding carboxylic acids is 1. The normalized spacial score (nSPS) is 11.0. The van der Waals surface area contributed by atoms with Crippen LogP contribution in [0.3, 0.4) is 0 Å². The number of hydrogen-bond acceptors (Lipinski definition) is 6. The van der Waals surface area contributed by atoms with Gasteiger partial charge in [0.05, 0.1) is 0 Å². The standard InChI is InChI=1S/C16H17N5OS/c1-4-14-19-20-16(23-14)18-15(22)12(10-17)9-11-5-7-13(8-6-11)21(2)3/h5-9H,4H2,1-3H3,(H,18,20,22). The van der Waals surface area contributed by atoms with Gasteiger partial charge in [-0.2, -0.15) is 5.26 Å². The van der Waals surface area contributed by atoms with E-state index >= 15 is 0 Å². The van der Waals surface area contributed by atoms with Gasteiger partial charge in [0, 0.05) is 19.8 Å². The summed E-state index contributed by atoms with van der Waals surface area (Å²) in [7, 11) is 3.90. The number of nitrogens with zero attached hydrogens (tertiary/aromatic N) is 4. The van der Waals surface area contributed by atoms with Crippen LogP contribution in [0.4, 0.5) is 10.8 Å². The number of aromatic nitrogens is 2. The highest BCUT2D eigenvalue weighted by Crippen LogP contribution is 2.18. The zero-order valence-corrected chi connectivity index (χ0v) is 14.0. The van der Waals surface area contributed by atoms with E-state index in [4.69, 9.17) is 0 Å². The average molecular weight is 327 g/mol. The SMILES string of the molecule is CCc1nnc(NC(=O)C(C#N)=Cc2ccc(N(C)C)cc2)s1. The first-order chi connectivity index (χ1) is 11.0. The van der Waals surface area contributed by atoms with Gasteiger partial charge in [0.2, 0.25) is 5.13 Å². The highest BCUT2D eigenvalue weighted by atomic mass is 32.1. The number of nitriles is 1. The summed E-state index contributed by atoms with van der Waals surface area (Å²) in [6.07, 6.45) is 2.31. The van der Waals surface area contributed by atoms with Crippen LogP contribution in [0.2, 0.25) is 0 Å². The zero-order valence-electron chi connectivity index (χ0n) is 13.2. The molecule has 1 aromatic heterocycles. The monoisotopic (exact) mass is 327 g/mol. The first-order valence-electron chi connectivity index (χ1n) is 7.06. The van der Waals surface area contributed by atoms with Gasteiger partial charge >= 0.3 is 0 Å². The molecule has 1 N–H and O–H groups in total. The predicted molar refractivity (Wildman–Crippen MR) is 92.3 cm³/mol. The van der Waals surface area contributed by atoms with Crippen molar-refractivity contribution in [2.24, 2.45) is 0 Å². The number of anilines is 2. The lowest BCUT2D eigenvalue weighted by molar-refractivity contribution is -0.112. The number of hydrogen-bond donors (Lipinski definition) is 1. The maximum Gasteiger partial charge on any atom is 0.268 e. The van der Waals surface area contributed by atoms with Gasteiger partial charge in [-0.3, -0.25) is 10.1 Å². The molecule has 0 spiro atoms. The predicted octanol–water partition coefficient (Wildman–Crippen LogP) is 2.71. The number of nitrogens with one attached hydrogen (secondary N) is 1. The molecule has 0 atom stereocenters. The minimum atomic E-state index is -0.483. The van der Waals surface area contributed by atoms with Gasteiger partial charge < -0.3 is 4.90 Å². The van der Waals surface area contributed by atoms with Crippen molar-refractivity contribution in [1.82, 2.24) is 10.2 Å². The smallest absolute Gasteiger partial charge is 0.268 e. The zero-order chi connectivity index (χ0) is 16.8. The number of amides is 1. The van der Waals surface area contributed by atoms with Crippen LogP contribution in [0, 0.1) is 11.3 Å². The minimum absolute atomic E-state index is 0.0239. The molecule has 118 valence electrons. The van der Waals surface area contributed by atoms with Crippen LogP contribution in [0.5, 0.6) is 0 Å². The molecular formula is C16H17N5OS. The number of benzene rings is 1. The Bertz CT molecular complexity index is 756. The maximum absolute atomic E-state index is 12.1. The third kappa shape index (κ3) is 4.37. The molecule has 6 nitrogen and oxygen atoms in total. The minimum Gasteiger partial charge on any atom is -0.378 e. The van der Waals surface area contributed by atoms with E-state index in [-0.39, 0.29) is 5.57 Å². The highest BCUT2D eigenvalue weighted by Gasteiger charge is 2.12. The van der Waals surface area contributed by atoms with E-state index in [9.17, 15) is 10.1 Å². The van der Waals surface area contributed by atoms with Crippen LogP contribution in [-0.2, 0) is 11.2 Å². The van der Waals surface area contributed by atoms with Gasteiger partial charge in [-0.25, -0.2) is 0 Å². The summed E-state index contributed by atoms with van der Waals surface area (Å²) in [5, 5.41) is 20.9. The van der Waals surface area contributed by atoms with Crippen LogP contribution in [0.25, 0.3) is 6.08 Å². The van der Waals surface area contributed by atoms with Crippen molar-refractivity contribution in [2.45, 2.75) is 13.3 Å². The average Bonchev–Trinajstić information content (AvgIpc) is 3.00. The topological polar surface area (TPSA) is 81.9 Å². The molecule has 1 heterocycles. The van der Waals surface area contributed by atoms with Gasteiger partial charge in [-0.05, 0) is 30.2 Å². The molecule has 0 aliphatic rings. The molecule has 2 aromatic rings. The molecule has 0 fully saturated rings. The molecule has 0 unspecified atom stereocenters. The second-order valence-electron chi connectivity index (χ2n) is 4.96. The molecule has 0 saturated carbocycles. The molecule has 7 heteroatoms. The fraction of sp³-hybridized carbons (Fsp3) is 0.250. The van der Waals surface area contributed by atoms with Gasteiger partial charge in [0.15, 0.2) is 0 Å². The summed E-state index contributed by atoms with van der Waals surface area (Å²) < 4.78 is 0. The Hall–Kier alpha value is -2.72. The molecule has 23 heavy (non-hydrogen) atoms. The first kappa shape index (κ1) is 16.6. The van der Waals surface area contributed by atoms with Crippen molar-refractivity contribution in [3.8, 4) is 6.07 Å². The fourth-order valence-corrected chi connectivity index (χ4v) is 2.47. The Morgan fingerprint density at radius 1 is 1.35 bits per heavy atom. The Labute approximate surface area is 139 Å². The van der Waals surface area contributed by atoms with Crippen molar-refractivity contribution in [3.05, 3.63) is 40.4 Å². The Morgan fingerprint density at radius 3 is 2.57 bits per heavy atom. The van der Waals surface area contributed by atoms with Crippen LogP contribution >= 0.6 is 11.3 Å². The van der Waals surface area contributed by atoms with Crippen LogP contribution in [-0.4, -0.2) is 30.2 Å². The first-order valence-corrected chi connectivity index (χ1v) is 7.88. The Kier molecular flexibility index (Phi) is 5.44. The molecule has 1 aromatic carbocycles. The quantitative estimate of drug-likeness (QED) is 0.674. The highest BCUT2D eigenvalue weighted by molar-refractivity contribution is 7.15. The third-order valence-corrected chi connectivity index (χ3v) is 4.06. The largest absolute Gasteiger partial charge is 0.378 e. The van der Waals surface area contributed by atoms with E-state index < -0.39 is 5.91 Å². The summed E-state index contributed by atoms with van der Waals surface area (Å²) in [5.41, 5.74) is 1.86. The van der Waals surface area contributed by atoms with Crippen LogP contribution < -0.4 is 10.2 Å². The van der Waals surface area contributed by atoms with Crippen LogP contribution in [0.15, 0.2) is 29.8 Å². The summed E-state index contributed by atoms with van der Waals surface area (Å²) in [5.74, 6) is -0.483. The van der Waals surface area contributed by atoms with Crippen LogP contribution in [0.1, 0.15) is 17.5 Å². The number of carbonyl (C=O) groups is 1. The van der Waals surface area contributed by atoms with E-state index in [0.29, 0.717) is 5.13 Å². The summed E-state index contributed by atoms with van der Waals surface area (Å²) >= 11 is 1.30. The Balaban J connectivity index is 2.14. The fourth-order valence-electron chi connectivity index (χ4n) is 1.80. The lowest BCUT2D eigenvalue weighted by Crippen LogP contribution is -2.13. The van der Waals surface area contributed by atoms with Gasteiger partial charge in [-0.1, -0.05) is 30.4 Å². The van der Waals surface area contributed by atoms with E-state index in [1.54, 1.807) is 6.08 Å². The molecular weight excluding hydrogens is 310 g/mol. The van der Waals surface area contributed by atoms with E-state index in [2.05, 4.69) is 15.5 Å². The molecule has 0 aliphatic heterocycles. The van der Waals surface area contributed by atoms with Crippen molar-refractivity contribution < 1.29 is 4.79 Å². The lowest BCUT2D eigenvalue weighted by atomic mass is 10.1. The maximum atomic E-state index is 12.1. The van der Waals surface area contributed by atoms with Gasteiger partial charge in [-0.15, -0.1) is 10.2 Å². The van der Waals surface area contributed by atoms with Crippen molar-refractivity contribution in [2.75, 3.05) is 24.3 Å². The van der Waals surface area contributed by atoms with E-state index in [0.717, 1.165) is 22.7 Å². The summed E-state index contributed by atoms with van der Waals surface area (Å²) in [6.45, 7) is 1.96. The molecule has 1 amide bonds. The van der Waals surface area contributed by atoms with Gasteiger partial charge in [0.1, 0.15) is 16.6 Å². The second kappa shape index (κ2) is 7.51. The lowest BCUT2D eigenvalue weighted by Gasteiger charge is -2.11. The summed E-state index contributed by atoms with van der Waals surface area (Å²) in [4.78, 5) is 14.1. The molecule has 0 bridgehead atoms. The number of aryl methyl sites for hydroxylation is 1. The van der Waals surface area contributed by atoms with Crippen molar-refractivity contribution in [3.63, 3.8) is 0 Å². The van der Waals surface area contributed by atoms with Crippen molar-refractivity contribution in [1.29, 1.82) is 5.26 Å². The van der Waals surface area contributed by atoms with Gasteiger partial charge in [0.25, 0.3) is 5.91 Å². The molecule has 2 rings (SSSR count). The Morgan fingerprint density at radius 2 is 2.04 bits per heavy atom. The van der Waals surface area contributed by atoms with E-state index in [1.165, 1.54) is 11.3 Å².